The van der Waals surface area contributed by atoms with Crippen LogP contribution in [0.5, 0.6) is 11.6 Å². The Morgan fingerprint density at radius 2 is 2.08 bits per heavy atom. The lowest BCUT2D eigenvalue weighted by Crippen LogP contribution is -2.49. The number of para-hydroxylation sites is 1. The summed E-state index contributed by atoms with van der Waals surface area (Å²) in [5.74, 6) is 2.29. The Morgan fingerprint density at radius 3 is 2.88 bits per heavy atom. The summed E-state index contributed by atoms with van der Waals surface area (Å²) in [4.78, 5) is 2.36. The second kappa shape index (κ2) is 6.45. The van der Waals surface area contributed by atoms with Crippen molar-refractivity contribution in [3.8, 4) is 11.6 Å². The minimum Gasteiger partial charge on any atom is -0.485 e. The highest BCUT2D eigenvalue weighted by atomic mass is 16.5. The van der Waals surface area contributed by atoms with Gasteiger partial charge in [0, 0.05) is 37.6 Å². The van der Waals surface area contributed by atoms with Crippen LogP contribution in [-0.4, -0.2) is 42.5 Å². The minimum atomic E-state index is -0.199. The predicted molar refractivity (Wildman–Crippen MR) is 87.0 cm³/mol. The van der Waals surface area contributed by atoms with Crippen molar-refractivity contribution in [1.29, 1.82) is 0 Å². The van der Waals surface area contributed by atoms with Crippen molar-refractivity contribution in [1.82, 2.24) is 10.1 Å². The number of fused-ring (bicyclic) bond motifs is 1. The van der Waals surface area contributed by atoms with E-state index in [0.29, 0.717) is 12.4 Å². The molecule has 0 bridgehead atoms. The van der Waals surface area contributed by atoms with Crippen molar-refractivity contribution < 1.29 is 18.7 Å². The molecule has 6 heteroatoms. The van der Waals surface area contributed by atoms with Gasteiger partial charge in [0.1, 0.15) is 11.4 Å². The third kappa shape index (κ3) is 3.12. The number of nitrogens with zero attached hydrogens (tertiary/aromatic N) is 2. The highest BCUT2D eigenvalue weighted by Gasteiger charge is 2.39. The third-order valence-electron chi connectivity index (χ3n) is 4.73. The van der Waals surface area contributed by atoms with Crippen molar-refractivity contribution in [3.05, 3.63) is 41.7 Å². The molecule has 0 radical (unpaired) electrons. The number of benzene rings is 1. The van der Waals surface area contributed by atoms with Gasteiger partial charge in [-0.1, -0.05) is 18.2 Å². The van der Waals surface area contributed by atoms with Gasteiger partial charge in [0.15, 0.2) is 5.76 Å². The third-order valence-corrected chi connectivity index (χ3v) is 4.73. The van der Waals surface area contributed by atoms with Gasteiger partial charge in [-0.25, -0.2) is 0 Å². The summed E-state index contributed by atoms with van der Waals surface area (Å²) in [5.41, 5.74) is 1.00. The van der Waals surface area contributed by atoms with E-state index in [-0.39, 0.29) is 5.60 Å². The largest absolute Gasteiger partial charge is 0.485 e. The SMILES string of the molecule is COc1cc(CN2Cc3ccccc3OC3(CCOCC3)C2)on1. The normalized spacial score (nSPS) is 20.2. The number of methoxy groups -OCH3 is 1. The number of hydrogen-bond donors (Lipinski definition) is 0. The minimum absolute atomic E-state index is 0.199. The smallest absolute Gasteiger partial charge is 0.254 e. The molecule has 0 unspecified atom stereocenters. The van der Waals surface area contributed by atoms with Gasteiger partial charge in [0.05, 0.1) is 26.9 Å². The predicted octanol–water partition coefficient (Wildman–Crippen LogP) is 2.63. The van der Waals surface area contributed by atoms with Gasteiger partial charge in [-0.15, -0.1) is 0 Å². The first kappa shape index (κ1) is 15.5. The molecule has 4 rings (SSSR count). The van der Waals surface area contributed by atoms with Crippen LogP contribution in [0.1, 0.15) is 24.2 Å². The molecule has 1 fully saturated rings. The summed E-state index contributed by atoms with van der Waals surface area (Å²) < 4.78 is 22.5. The molecule has 0 N–H and O–H groups in total. The Hall–Kier alpha value is -2.05. The fourth-order valence-corrected chi connectivity index (χ4v) is 3.50. The Kier molecular flexibility index (Phi) is 4.16. The molecule has 2 aliphatic rings. The van der Waals surface area contributed by atoms with Gasteiger partial charge in [-0.3, -0.25) is 4.90 Å². The Morgan fingerprint density at radius 1 is 1.25 bits per heavy atom. The maximum Gasteiger partial charge on any atom is 0.254 e. The topological polar surface area (TPSA) is 57.0 Å². The van der Waals surface area contributed by atoms with Crippen molar-refractivity contribution in [2.45, 2.75) is 31.5 Å². The monoisotopic (exact) mass is 330 g/mol. The molecule has 1 aromatic carbocycles. The number of aromatic nitrogens is 1. The standard InChI is InChI=1S/C18H22N2O4/c1-21-17-10-15(24-19-17)12-20-11-14-4-2-3-5-16(14)23-18(13-20)6-8-22-9-7-18/h2-5,10H,6-9,11-13H2,1H3. The number of ether oxygens (including phenoxy) is 3. The van der Waals surface area contributed by atoms with Gasteiger partial charge >= 0.3 is 0 Å². The molecule has 128 valence electrons. The van der Waals surface area contributed by atoms with E-state index in [4.69, 9.17) is 18.7 Å². The van der Waals surface area contributed by atoms with E-state index >= 15 is 0 Å². The van der Waals surface area contributed by atoms with Crippen LogP contribution >= 0.6 is 0 Å². The lowest BCUT2D eigenvalue weighted by Gasteiger charge is -2.38. The summed E-state index contributed by atoms with van der Waals surface area (Å²) in [6, 6.07) is 10.1. The van der Waals surface area contributed by atoms with Gasteiger partial charge in [-0.2, -0.15) is 0 Å². The summed E-state index contributed by atoms with van der Waals surface area (Å²) in [6.07, 6.45) is 1.80. The highest BCUT2D eigenvalue weighted by Crippen LogP contribution is 2.35. The van der Waals surface area contributed by atoms with Crippen LogP contribution in [0.2, 0.25) is 0 Å². The fourth-order valence-electron chi connectivity index (χ4n) is 3.50. The van der Waals surface area contributed by atoms with Crippen LogP contribution < -0.4 is 9.47 Å². The van der Waals surface area contributed by atoms with Crippen molar-refractivity contribution in [2.75, 3.05) is 26.9 Å². The molecular formula is C18H22N2O4. The molecule has 24 heavy (non-hydrogen) atoms. The number of rotatable bonds is 3. The molecule has 2 aromatic rings. The van der Waals surface area contributed by atoms with Crippen LogP contribution in [-0.2, 0) is 17.8 Å². The summed E-state index contributed by atoms with van der Waals surface area (Å²) in [7, 11) is 1.59. The molecule has 0 saturated carbocycles. The summed E-state index contributed by atoms with van der Waals surface area (Å²) in [6.45, 7) is 3.82. The zero-order chi connectivity index (χ0) is 16.4. The van der Waals surface area contributed by atoms with Crippen LogP contribution in [0.4, 0.5) is 0 Å². The van der Waals surface area contributed by atoms with Gasteiger partial charge in [0.25, 0.3) is 5.88 Å². The van der Waals surface area contributed by atoms with E-state index in [9.17, 15) is 0 Å². The molecule has 3 heterocycles. The van der Waals surface area contributed by atoms with Crippen LogP contribution in [0, 0.1) is 0 Å². The van der Waals surface area contributed by atoms with E-state index < -0.39 is 0 Å². The van der Waals surface area contributed by atoms with E-state index in [0.717, 1.165) is 50.7 Å². The first-order valence-electron chi connectivity index (χ1n) is 8.33. The van der Waals surface area contributed by atoms with E-state index in [2.05, 4.69) is 28.3 Å². The van der Waals surface area contributed by atoms with E-state index in [1.54, 1.807) is 7.11 Å². The molecule has 0 amide bonds. The van der Waals surface area contributed by atoms with E-state index in [1.807, 2.05) is 12.1 Å². The average Bonchev–Trinajstić information content (AvgIpc) is 2.99. The molecule has 1 saturated heterocycles. The average molecular weight is 330 g/mol. The second-order valence-electron chi connectivity index (χ2n) is 6.49. The van der Waals surface area contributed by atoms with Crippen molar-refractivity contribution in [3.63, 3.8) is 0 Å². The Bertz CT molecular complexity index is 694. The zero-order valence-electron chi connectivity index (χ0n) is 13.9. The molecule has 2 aliphatic heterocycles. The molecule has 0 atom stereocenters. The van der Waals surface area contributed by atoms with Crippen LogP contribution in [0.3, 0.4) is 0 Å². The molecule has 1 aromatic heterocycles. The maximum absolute atomic E-state index is 6.49. The Balaban J connectivity index is 1.61. The first-order chi connectivity index (χ1) is 11.8. The van der Waals surface area contributed by atoms with Crippen molar-refractivity contribution in [2.24, 2.45) is 0 Å². The second-order valence-corrected chi connectivity index (χ2v) is 6.49. The summed E-state index contributed by atoms with van der Waals surface area (Å²) in [5, 5.41) is 3.90. The van der Waals surface area contributed by atoms with Gasteiger partial charge in [-0.05, 0) is 11.2 Å². The lowest BCUT2D eigenvalue weighted by atomic mass is 9.93. The van der Waals surface area contributed by atoms with Gasteiger partial charge < -0.3 is 18.7 Å². The molecule has 1 spiro atoms. The van der Waals surface area contributed by atoms with Crippen LogP contribution in [0.25, 0.3) is 0 Å². The quantitative estimate of drug-likeness (QED) is 0.862. The van der Waals surface area contributed by atoms with Gasteiger partial charge in [0.2, 0.25) is 0 Å². The molecular weight excluding hydrogens is 308 g/mol. The maximum atomic E-state index is 6.49. The number of hydrogen-bond acceptors (Lipinski definition) is 6. The zero-order valence-corrected chi connectivity index (χ0v) is 13.9. The lowest BCUT2D eigenvalue weighted by molar-refractivity contribution is -0.0600. The highest BCUT2D eigenvalue weighted by molar-refractivity contribution is 5.35. The molecule has 0 aliphatic carbocycles. The fraction of sp³-hybridized carbons (Fsp3) is 0.500. The van der Waals surface area contributed by atoms with Crippen molar-refractivity contribution >= 4 is 0 Å². The Labute approximate surface area is 141 Å². The summed E-state index contributed by atoms with van der Waals surface area (Å²) >= 11 is 0. The van der Waals surface area contributed by atoms with E-state index in [1.165, 1.54) is 5.56 Å². The first-order valence-corrected chi connectivity index (χ1v) is 8.33. The van der Waals surface area contributed by atoms with Crippen LogP contribution in [0.15, 0.2) is 34.9 Å². The molecule has 6 nitrogen and oxygen atoms in total.